The molecule has 8 nitrogen and oxygen atoms in total. The van der Waals surface area contributed by atoms with Gasteiger partial charge in [0.1, 0.15) is 5.75 Å². The third-order valence-electron chi connectivity index (χ3n) is 3.67. The van der Waals surface area contributed by atoms with Crippen molar-refractivity contribution in [3.05, 3.63) is 59.7 Å². The van der Waals surface area contributed by atoms with Crippen LogP contribution in [0.4, 0.5) is 5.69 Å². The van der Waals surface area contributed by atoms with E-state index in [0.29, 0.717) is 11.3 Å². The number of benzene rings is 2. The molecule has 8 heteroatoms. The molecule has 0 radical (unpaired) electrons. The Labute approximate surface area is 169 Å². The number of para-hydroxylation sites is 1. The quantitative estimate of drug-likeness (QED) is 0.378. The SMILES string of the molecule is Cc1ccccc1NC(=O)COc1ccc(/C=N\NC(=O)C(=O)NC(C)C)cc1. The topological polar surface area (TPSA) is 109 Å². The first-order chi connectivity index (χ1) is 13.8. The van der Waals surface area contributed by atoms with Crippen molar-refractivity contribution in [3.8, 4) is 5.75 Å². The second kappa shape index (κ2) is 10.6. The molecule has 0 aliphatic rings. The minimum Gasteiger partial charge on any atom is -0.484 e. The minimum absolute atomic E-state index is 0.122. The summed E-state index contributed by atoms with van der Waals surface area (Å²) in [4.78, 5) is 35.0. The molecular weight excluding hydrogens is 372 g/mol. The molecule has 152 valence electrons. The van der Waals surface area contributed by atoms with Crippen LogP contribution in [-0.4, -0.2) is 36.6 Å². The predicted molar refractivity (Wildman–Crippen MR) is 111 cm³/mol. The summed E-state index contributed by atoms with van der Waals surface area (Å²) in [5.41, 5.74) is 4.56. The second-order valence-electron chi connectivity index (χ2n) is 6.55. The number of aryl methyl sites for hydroxylation is 1. The molecule has 2 aromatic carbocycles. The lowest BCUT2D eigenvalue weighted by atomic mass is 10.2. The largest absolute Gasteiger partial charge is 0.484 e. The standard InChI is InChI=1S/C21H24N4O4/c1-14(2)23-20(27)21(28)25-22-12-16-8-10-17(11-9-16)29-13-19(26)24-18-7-5-4-6-15(18)3/h4-12,14H,13H2,1-3H3,(H,23,27)(H,24,26)(H,25,28)/b22-12-. The van der Waals surface area contributed by atoms with Crippen LogP contribution in [0, 0.1) is 6.92 Å². The van der Waals surface area contributed by atoms with E-state index in [-0.39, 0.29) is 18.6 Å². The summed E-state index contributed by atoms with van der Waals surface area (Å²) >= 11 is 0. The average Bonchev–Trinajstić information content (AvgIpc) is 2.68. The highest BCUT2D eigenvalue weighted by atomic mass is 16.5. The lowest BCUT2D eigenvalue weighted by molar-refractivity contribution is -0.139. The number of hydrogen-bond acceptors (Lipinski definition) is 5. The van der Waals surface area contributed by atoms with Gasteiger partial charge < -0.3 is 15.4 Å². The molecule has 0 bridgehead atoms. The molecule has 0 saturated heterocycles. The third kappa shape index (κ3) is 7.45. The lowest BCUT2D eigenvalue weighted by Crippen LogP contribution is -2.41. The normalized spacial score (nSPS) is 10.6. The summed E-state index contributed by atoms with van der Waals surface area (Å²) in [6, 6.07) is 14.1. The molecular formula is C21H24N4O4. The molecule has 0 heterocycles. The number of rotatable bonds is 7. The Balaban J connectivity index is 1.79. The highest BCUT2D eigenvalue weighted by molar-refractivity contribution is 6.35. The van der Waals surface area contributed by atoms with Gasteiger partial charge in [0.15, 0.2) is 6.61 Å². The number of nitrogens with one attached hydrogen (secondary N) is 3. The molecule has 0 unspecified atom stereocenters. The Morgan fingerprint density at radius 1 is 1.03 bits per heavy atom. The van der Waals surface area contributed by atoms with Crippen molar-refractivity contribution >= 4 is 29.6 Å². The van der Waals surface area contributed by atoms with E-state index in [1.54, 1.807) is 38.1 Å². The van der Waals surface area contributed by atoms with Crippen LogP contribution in [-0.2, 0) is 14.4 Å². The molecule has 0 aliphatic heterocycles. The van der Waals surface area contributed by atoms with Crippen LogP contribution in [0.5, 0.6) is 5.75 Å². The van der Waals surface area contributed by atoms with Gasteiger partial charge in [-0.15, -0.1) is 0 Å². The van der Waals surface area contributed by atoms with Crippen molar-refractivity contribution in [2.75, 3.05) is 11.9 Å². The molecule has 29 heavy (non-hydrogen) atoms. The molecule has 0 aliphatic carbocycles. The van der Waals surface area contributed by atoms with Gasteiger partial charge in [-0.05, 0) is 62.2 Å². The van der Waals surface area contributed by atoms with Gasteiger partial charge in [-0.1, -0.05) is 18.2 Å². The smallest absolute Gasteiger partial charge is 0.329 e. The van der Waals surface area contributed by atoms with Gasteiger partial charge >= 0.3 is 11.8 Å². The van der Waals surface area contributed by atoms with E-state index in [2.05, 4.69) is 21.2 Å². The van der Waals surface area contributed by atoms with Crippen LogP contribution >= 0.6 is 0 Å². The Morgan fingerprint density at radius 3 is 2.38 bits per heavy atom. The van der Waals surface area contributed by atoms with Crippen molar-refractivity contribution < 1.29 is 19.1 Å². The van der Waals surface area contributed by atoms with Crippen LogP contribution in [0.3, 0.4) is 0 Å². The van der Waals surface area contributed by atoms with Crippen molar-refractivity contribution in [1.29, 1.82) is 0 Å². The number of hydrazone groups is 1. The zero-order valence-corrected chi connectivity index (χ0v) is 16.6. The monoisotopic (exact) mass is 396 g/mol. The van der Waals surface area contributed by atoms with Gasteiger partial charge in [-0.2, -0.15) is 5.10 Å². The van der Waals surface area contributed by atoms with Gasteiger partial charge in [0.25, 0.3) is 5.91 Å². The van der Waals surface area contributed by atoms with Gasteiger partial charge in [-0.25, -0.2) is 5.43 Å². The maximum atomic E-state index is 12.0. The first kappa shape index (κ1) is 21.6. The molecule has 0 fully saturated rings. The molecule has 0 atom stereocenters. The number of nitrogens with zero attached hydrogens (tertiary/aromatic N) is 1. The Bertz CT molecular complexity index is 892. The summed E-state index contributed by atoms with van der Waals surface area (Å²) in [6.45, 7) is 5.30. The fraction of sp³-hybridized carbons (Fsp3) is 0.238. The summed E-state index contributed by atoms with van der Waals surface area (Å²) in [5, 5.41) is 9.00. The third-order valence-corrected chi connectivity index (χ3v) is 3.67. The van der Waals surface area contributed by atoms with E-state index in [9.17, 15) is 14.4 Å². The zero-order valence-electron chi connectivity index (χ0n) is 16.6. The highest BCUT2D eigenvalue weighted by Crippen LogP contribution is 2.14. The Kier molecular flexibility index (Phi) is 7.90. The Hall–Kier alpha value is -3.68. The van der Waals surface area contributed by atoms with Crippen molar-refractivity contribution in [1.82, 2.24) is 10.7 Å². The summed E-state index contributed by atoms with van der Waals surface area (Å²) < 4.78 is 5.47. The number of hydrogen-bond donors (Lipinski definition) is 3. The number of carbonyl (C=O) groups excluding carboxylic acids is 3. The van der Waals surface area contributed by atoms with Gasteiger partial charge in [0, 0.05) is 11.7 Å². The molecule has 3 amide bonds. The predicted octanol–water partition coefficient (Wildman–Crippen LogP) is 1.99. The van der Waals surface area contributed by atoms with Crippen LogP contribution in [0.15, 0.2) is 53.6 Å². The van der Waals surface area contributed by atoms with Crippen LogP contribution in [0.1, 0.15) is 25.0 Å². The van der Waals surface area contributed by atoms with E-state index < -0.39 is 11.8 Å². The number of carbonyl (C=O) groups is 3. The maximum Gasteiger partial charge on any atom is 0.329 e. The first-order valence-electron chi connectivity index (χ1n) is 9.07. The van der Waals surface area contributed by atoms with E-state index in [0.717, 1.165) is 11.3 Å². The number of amides is 3. The molecule has 3 N–H and O–H groups in total. The fourth-order valence-electron chi connectivity index (χ4n) is 2.24. The van der Waals surface area contributed by atoms with E-state index >= 15 is 0 Å². The highest BCUT2D eigenvalue weighted by Gasteiger charge is 2.12. The lowest BCUT2D eigenvalue weighted by Gasteiger charge is -2.09. The average molecular weight is 396 g/mol. The maximum absolute atomic E-state index is 12.0. The van der Waals surface area contributed by atoms with Gasteiger partial charge in [0.05, 0.1) is 6.21 Å². The van der Waals surface area contributed by atoms with Crippen molar-refractivity contribution in [3.63, 3.8) is 0 Å². The summed E-state index contributed by atoms with van der Waals surface area (Å²) in [6.07, 6.45) is 1.40. The van der Waals surface area contributed by atoms with Crippen molar-refractivity contribution in [2.24, 2.45) is 5.10 Å². The number of anilines is 1. The second-order valence-corrected chi connectivity index (χ2v) is 6.55. The first-order valence-corrected chi connectivity index (χ1v) is 9.07. The summed E-state index contributed by atoms with van der Waals surface area (Å²) in [5.74, 6) is -1.32. The van der Waals surface area contributed by atoms with Crippen LogP contribution in [0.2, 0.25) is 0 Å². The van der Waals surface area contributed by atoms with Crippen LogP contribution in [0.25, 0.3) is 0 Å². The Morgan fingerprint density at radius 2 is 1.72 bits per heavy atom. The summed E-state index contributed by atoms with van der Waals surface area (Å²) in [7, 11) is 0. The molecule has 0 saturated carbocycles. The number of ether oxygens (including phenoxy) is 1. The van der Waals surface area contributed by atoms with Gasteiger partial charge in [-0.3, -0.25) is 14.4 Å². The molecule has 0 spiro atoms. The fourth-order valence-corrected chi connectivity index (χ4v) is 2.24. The van der Waals surface area contributed by atoms with E-state index in [1.165, 1.54) is 6.21 Å². The van der Waals surface area contributed by atoms with Crippen molar-refractivity contribution in [2.45, 2.75) is 26.8 Å². The van der Waals surface area contributed by atoms with Crippen LogP contribution < -0.4 is 20.8 Å². The minimum atomic E-state index is -0.838. The van der Waals surface area contributed by atoms with E-state index in [4.69, 9.17) is 4.74 Å². The van der Waals surface area contributed by atoms with Gasteiger partial charge in [0.2, 0.25) is 0 Å². The molecule has 0 aromatic heterocycles. The zero-order chi connectivity index (χ0) is 21.2. The van der Waals surface area contributed by atoms with E-state index in [1.807, 2.05) is 31.2 Å². The molecule has 2 aromatic rings. The molecule has 2 rings (SSSR count).